The van der Waals surface area contributed by atoms with Crippen molar-refractivity contribution in [1.82, 2.24) is 0 Å². The Hall–Kier alpha value is -1.89. The lowest BCUT2D eigenvalue weighted by molar-refractivity contribution is -0.450. The van der Waals surface area contributed by atoms with Crippen molar-refractivity contribution >= 4 is 18.0 Å². The van der Waals surface area contributed by atoms with Crippen molar-refractivity contribution in [2.45, 2.75) is 39.7 Å². The molecule has 0 saturated heterocycles. The van der Waals surface area contributed by atoms with E-state index < -0.39 is 11.8 Å². The summed E-state index contributed by atoms with van der Waals surface area (Å²) >= 11 is 0. The molecule has 0 fully saturated rings. The SMILES string of the molecule is COC1=[N+](CCCOC(=O)OOC(C)(C)C)C(=O)C=C1C. The van der Waals surface area contributed by atoms with Gasteiger partial charge in [-0.2, -0.15) is 4.89 Å². The summed E-state index contributed by atoms with van der Waals surface area (Å²) in [6.45, 7) is 7.55. The van der Waals surface area contributed by atoms with Crippen LogP contribution in [-0.2, 0) is 24.0 Å². The Morgan fingerprint density at radius 1 is 1.33 bits per heavy atom. The quantitative estimate of drug-likeness (QED) is 0.253. The number of carbonyl (C=O) groups is 2. The van der Waals surface area contributed by atoms with E-state index in [-0.39, 0.29) is 12.5 Å². The van der Waals surface area contributed by atoms with Crippen molar-refractivity contribution < 1.29 is 33.4 Å². The molecule has 118 valence electrons. The molecule has 0 bridgehead atoms. The van der Waals surface area contributed by atoms with Crippen molar-refractivity contribution in [2.24, 2.45) is 0 Å². The Balaban J connectivity index is 2.30. The fraction of sp³-hybridized carbons (Fsp3) is 0.643. The van der Waals surface area contributed by atoms with E-state index in [0.29, 0.717) is 18.9 Å². The number of hydrogen-bond donors (Lipinski definition) is 0. The van der Waals surface area contributed by atoms with Gasteiger partial charge >= 0.3 is 18.0 Å². The predicted octanol–water partition coefficient (Wildman–Crippen LogP) is 1.80. The minimum atomic E-state index is -0.900. The molecule has 0 N–H and O–H groups in total. The third-order valence-electron chi connectivity index (χ3n) is 2.49. The summed E-state index contributed by atoms with van der Waals surface area (Å²) in [5.74, 6) is 0.390. The van der Waals surface area contributed by atoms with Crippen LogP contribution in [0.25, 0.3) is 0 Å². The first-order valence-electron chi connectivity index (χ1n) is 6.68. The topological polar surface area (TPSA) is 74.1 Å². The van der Waals surface area contributed by atoms with Gasteiger partial charge in [-0.1, -0.05) is 0 Å². The summed E-state index contributed by atoms with van der Waals surface area (Å²) in [6.07, 6.45) is 1.07. The number of methoxy groups -OCH3 is 1. The van der Waals surface area contributed by atoms with Crippen LogP contribution in [-0.4, -0.2) is 48.4 Å². The highest BCUT2D eigenvalue weighted by atomic mass is 17.2. The van der Waals surface area contributed by atoms with Gasteiger partial charge in [0.05, 0.1) is 18.8 Å². The molecule has 1 heterocycles. The van der Waals surface area contributed by atoms with Crippen molar-refractivity contribution in [1.29, 1.82) is 0 Å². The van der Waals surface area contributed by atoms with Crippen molar-refractivity contribution in [3.05, 3.63) is 11.6 Å². The summed E-state index contributed by atoms with van der Waals surface area (Å²) in [7, 11) is 1.51. The van der Waals surface area contributed by atoms with Crippen LogP contribution in [0, 0.1) is 0 Å². The molecule has 0 radical (unpaired) electrons. The molecule has 0 aliphatic carbocycles. The molecule has 1 aliphatic heterocycles. The van der Waals surface area contributed by atoms with Gasteiger partial charge in [0.25, 0.3) is 0 Å². The first kappa shape index (κ1) is 17.2. The van der Waals surface area contributed by atoms with E-state index >= 15 is 0 Å². The standard InChI is InChI=1S/C14H22NO6/c1-10-9-11(16)15(12(10)18-5)7-6-8-19-13(17)20-21-14(2,3)4/h9H,6-8H2,1-5H3/q+1. The molecule has 1 aliphatic rings. The third-order valence-corrected chi connectivity index (χ3v) is 2.49. The molecular weight excluding hydrogens is 278 g/mol. The van der Waals surface area contributed by atoms with E-state index in [2.05, 4.69) is 4.89 Å². The number of hydrogen-bond acceptors (Lipinski definition) is 6. The molecule has 1 rings (SSSR count). The van der Waals surface area contributed by atoms with Crippen LogP contribution in [0.3, 0.4) is 0 Å². The lowest BCUT2D eigenvalue weighted by Crippen LogP contribution is -2.25. The Bertz CT molecular complexity index is 472. The zero-order chi connectivity index (χ0) is 16.0. The van der Waals surface area contributed by atoms with E-state index in [1.807, 2.05) is 0 Å². The van der Waals surface area contributed by atoms with Crippen LogP contribution < -0.4 is 0 Å². The van der Waals surface area contributed by atoms with Gasteiger partial charge in [0, 0.05) is 6.42 Å². The fourth-order valence-corrected chi connectivity index (χ4v) is 1.68. The normalized spacial score (nSPS) is 15.1. The Kier molecular flexibility index (Phi) is 5.90. The molecule has 0 saturated carbocycles. The molecule has 0 spiro atoms. The molecule has 0 aromatic heterocycles. The third kappa shape index (κ3) is 5.55. The average Bonchev–Trinajstić information content (AvgIpc) is 2.65. The second-order valence-corrected chi connectivity index (χ2v) is 5.56. The first-order chi connectivity index (χ1) is 9.74. The van der Waals surface area contributed by atoms with E-state index in [4.69, 9.17) is 14.4 Å². The zero-order valence-corrected chi connectivity index (χ0v) is 13.1. The molecule has 0 aromatic rings. The minimum absolute atomic E-state index is 0.117. The molecule has 0 aromatic carbocycles. The molecular formula is C14H22NO6+. The highest BCUT2D eigenvalue weighted by Gasteiger charge is 2.31. The van der Waals surface area contributed by atoms with Crippen LogP contribution in [0.2, 0.25) is 0 Å². The molecule has 7 nitrogen and oxygen atoms in total. The maximum absolute atomic E-state index is 11.7. The minimum Gasteiger partial charge on any atom is -0.447 e. The highest BCUT2D eigenvalue weighted by Crippen LogP contribution is 2.09. The summed E-state index contributed by atoms with van der Waals surface area (Å²) in [4.78, 5) is 32.2. The monoisotopic (exact) mass is 300 g/mol. The van der Waals surface area contributed by atoms with Crippen LogP contribution in [0.15, 0.2) is 11.6 Å². The van der Waals surface area contributed by atoms with E-state index in [1.54, 1.807) is 27.7 Å². The predicted molar refractivity (Wildman–Crippen MR) is 73.8 cm³/mol. The molecule has 21 heavy (non-hydrogen) atoms. The number of nitrogens with zero attached hydrogens (tertiary/aromatic N) is 1. The zero-order valence-electron chi connectivity index (χ0n) is 13.1. The summed E-state index contributed by atoms with van der Waals surface area (Å²) in [6, 6.07) is 0. The molecule has 0 unspecified atom stereocenters. The Morgan fingerprint density at radius 2 is 2.00 bits per heavy atom. The van der Waals surface area contributed by atoms with Crippen LogP contribution in [0.1, 0.15) is 34.1 Å². The number of amides is 1. The second-order valence-electron chi connectivity index (χ2n) is 5.56. The smallest absolute Gasteiger partial charge is 0.447 e. The summed E-state index contributed by atoms with van der Waals surface area (Å²) in [5.41, 5.74) is 0.188. The maximum Gasteiger partial charge on any atom is 0.540 e. The lowest BCUT2D eigenvalue weighted by Gasteiger charge is -2.15. The van der Waals surface area contributed by atoms with Gasteiger partial charge in [-0.15, -0.1) is 4.58 Å². The highest BCUT2D eigenvalue weighted by molar-refractivity contribution is 6.03. The summed E-state index contributed by atoms with van der Waals surface area (Å²) in [5, 5.41) is 0. The van der Waals surface area contributed by atoms with E-state index in [0.717, 1.165) is 5.57 Å². The van der Waals surface area contributed by atoms with Gasteiger partial charge in [-0.25, -0.2) is 9.59 Å². The van der Waals surface area contributed by atoms with Crippen molar-refractivity contribution in [2.75, 3.05) is 20.3 Å². The fourth-order valence-electron chi connectivity index (χ4n) is 1.68. The average molecular weight is 300 g/mol. The van der Waals surface area contributed by atoms with Gasteiger partial charge in [0.1, 0.15) is 12.2 Å². The largest absolute Gasteiger partial charge is 0.540 e. The van der Waals surface area contributed by atoms with Gasteiger partial charge < -0.3 is 9.47 Å². The Labute approximate surface area is 124 Å². The van der Waals surface area contributed by atoms with Crippen LogP contribution in [0.4, 0.5) is 4.79 Å². The van der Waals surface area contributed by atoms with Crippen molar-refractivity contribution in [3.8, 4) is 0 Å². The maximum atomic E-state index is 11.7. The second kappa shape index (κ2) is 7.21. The van der Waals surface area contributed by atoms with E-state index in [1.165, 1.54) is 17.8 Å². The van der Waals surface area contributed by atoms with Gasteiger partial charge in [0.2, 0.25) is 0 Å². The van der Waals surface area contributed by atoms with Crippen molar-refractivity contribution in [3.63, 3.8) is 0 Å². The number of rotatable bonds is 5. The Morgan fingerprint density at radius 3 is 2.57 bits per heavy atom. The van der Waals surface area contributed by atoms with Crippen LogP contribution >= 0.6 is 0 Å². The number of ether oxygens (including phenoxy) is 2. The molecule has 0 atom stereocenters. The van der Waals surface area contributed by atoms with Crippen LogP contribution in [0.5, 0.6) is 0 Å². The van der Waals surface area contributed by atoms with Gasteiger partial charge in [-0.3, -0.25) is 4.89 Å². The number of carbonyl (C=O) groups excluding carboxylic acids is 2. The summed E-state index contributed by atoms with van der Waals surface area (Å²) < 4.78 is 11.5. The first-order valence-corrected chi connectivity index (χ1v) is 6.68. The van der Waals surface area contributed by atoms with Gasteiger partial charge in [-0.05, 0) is 27.7 Å². The van der Waals surface area contributed by atoms with E-state index in [9.17, 15) is 9.59 Å². The molecule has 1 amide bonds. The lowest BCUT2D eigenvalue weighted by atomic mass is 10.2. The molecule has 7 heteroatoms. The van der Waals surface area contributed by atoms with Gasteiger partial charge in [0.15, 0.2) is 6.54 Å².